The number of amides is 1. The summed E-state index contributed by atoms with van der Waals surface area (Å²) in [5.41, 5.74) is 8.60. The number of benzene rings is 2. The lowest BCUT2D eigenvalue weighted by Crippen LogP contribution is -2.39. The number of hydrogen-bond acceptors (Lipinski definition) is 4. The zero-order chi connectivity index (χ0) is 18.5. The van der Waals surface area contributed by atoms with Crippen molar-refractivity contribution in [3.8, 4) is 0 Å². The standard InChI is InChI=1S/C21H27N3O2/c1-23(21(26)13-17-9-5-6-10-19(17)22)20(16-7-3-2-4-8-16)15-24-12-11-18(25)14-24/h2-10,18,20,25H,11-15,22H2,1H3/t18-,20+/m0/s1. The third kappa shape index (κ3) is 4.42. The molecule has 5 nitrogen and oxygen atoms in total. The van der Waals surface area contributed by atoms with E-state index in [1.54, 1.807) is 0 Å². The van der Waals surface area contributed by atoms with Crippen LogP contribution in [0.25, 0.3) is 0 Å². The maximum absolute atomic E-state index is 12.9. The topological polar surface area (TPSA) is 69.8 Å². The molecule has 0 aliphatic carbocycles. The average molecular weight is 353 g/mol. The molecule has 0 spiro atoms. The molecule has 2 atom stereocenters. The number of nitrogens with two attached hydrogens (primary N) is 1. The van der Waals surface area contributed by atoms with Gasteiger partial charge in [0, 0.05) is 32.4 Å². The summed E-state index contributed by atoms with van der Waals surface area (Å²) in [6.45, 7) is 2.24. The lowest BCUT2D eigenvalue weighted by Gasteiger charge is -2.32. The molecule has 3 N–H and O–H groups in total. The molecule has 2 aromatic carbocycles. The molecule has 1 aliphatic heterocycles. The van der Waals surface area contributed by atoms with E-state index in [1.807, 2.05) is 54.4 Å². The van der Waals surface area contributed by atoms with E-state index in [-0.39, 0.29) is 24.5 Å². The smallest absolute Gasteiger partial charge is 0.227 e. The van der Waals surface area contributed by atoms with E-state index in [0.29, 0.717) is 18.8 Å². The normalized spacial score (nSPS) is 18.6. The van der Waals surface area contributed by atoms with Gasteiger partial charge in [0.05, 0.1) is 18.6 Å². The largest absolute Gasteiger partial charge is 0.398 e. The molecule has 0 radical (unpaired) electrons. The number of aliphatic hydroxyl groups is 1. The van der Waals surface area contributed by atoms with E-state index in [1.165, 1.54) is 0 Å². The molecular formula is C21H27N3O2. The van der Waals surface area contributed by atoms with Crippen molar-refractivity contribution in [2.75, 3.05) is 32.4 Å². The number of β-amino-alcohol motifs (C(OH)–C–C–N with tert-alkyl or cyclic N) is 1. The number of carbonyl (C=O) groups is 1. The number of rotatable bonds is 6. The summed E-state index contributed by atoms with van der Waals surface area (Å²) in [5, 5.41) is 9.82. The summed E-state index contributed by atoms with van der Waals surface area (Å²) in [7, 11) is 1.85. The van der Waals surface area contributed by atoms with Gasteiger partial charge in [0.25, 0.3) is 0 Å². The number of carbonyl (C=O) groups excluding carboxylic acids is 1. The minimum atomic E-state index is -0.267. The summed E-state index contributed by atoms with van der Waals surface area (Å²) >= 11 is 0. The second-order valence-corrected chi connectivity index (χ2v) is 7.01. The van der Waals surface area contributed by atoms with Crippen LogP contribution in [-0.2, 0) is 11.2 Å². The van der Waals surface area contributed by atoms with E-state index >= 15 is 0 Å². The molecule has 1 aliphatic rings. The summed E-state index contributed by atoms with van der Waals surface area (Å²) in [6, 6.07) is 17.5. The van der Waals surface area contributed by atoms with Gasteiger partial charge in [0.2, 0.25) is 5.91 Å². The van der Waals surface area contributed by atoms with Gasteiger partial charge in [-0.15, -0.1) is 0 Å². The third-order valence-electron chi connectivity index (χ3n) is 5.12. The first-order valence-electron chi connectivity index (χ1n) is 9.09. The summed E-state index contributed by atoms with van der Waals surface area (Å²) in [5.74, 6) is 0.0384. The van der Waals surface area contributed by atoms with Gasteiger partial charge in [-0.3, -0.25) is 9.69 Å². The molecular weight excluding hydrogens is 326 g/mol. The SMILES string of the molecule is CN(C(=O)Cc1ccccc1N)[C@H](CN1CC[C@H](O)C1)c1ccccc1. The molecule has 138 valence electrons. The van der Waals surface area contributed by atoms with Crippen molar-refractivity contribution in [2.45, 2.75) is 25.0 Å². The van der Waals surface area contributed by atoms with Crippen molar-refractivity contribution in [1.29, 1.82) is 0 Å². The summed E-state index contributed by atoms with van der Waals surface area (Å²) in [6.07, 6.45) is 0.811. The second-order valence-electron chi connectivity index (χ2n) is 7.01. The summed E-state index contributed by atoms with van der Waals surface area (Å²) in [4.78, 5) is 17.0. The molecule has 1 fully saturated rings. The quantitative estimate of drug-likeness (QED) is 0.780. The van der Waals surface area contributed by atoms with Gasteiger partial charge in [-0.05, 0) is 23.6 Å². The molecule has 0 saturated carbocycles. The first kappa shape index (κ1) is 18.4. The maximum atomic E-state index is 12.9. The Kier molecular flexibility index (Phi) is 5.91. The number of likely N-dealkylation sites (N-methyl/N-ethyl adjacent to an activating group) is 1. The highest BCUT2D eigenvalue weighted by Crippen LogP contribution is 2.24. The highest BCUT2D eigenvalue weighted by molar-refractivity contribution is 5.80. The molecule has 3 rings (SSSR count). The fourth-order valence-corrected chi connectivity index (χ4v) is 3.51. The van der Waals surface area contributed by atoms with Gasteiger partial charge in [-0.25, -0.2) is 0 Å². The lowest BCUT2D eigenvalue weighted by molar-refractivity contribution is -0.131. The Morgan fingerprint density at radius 3 is 2.58 bits per heavy atom. The molecule has 0 bridgehead atoms. The zero-order valence-corrected chi connectivity index (χ0v) is 15.2. The van der Waals surface area contributed by atoms with Crippen molar-refractivity contribution >= 4 is 11.6 Å². The molecule has 5 heteroatoms. The minimum absolute atomic E-state index is 0.0384. The zero-order valence-electron chi connectivity index (χ0n) is 15.2. The Balaban J connectivity index is 1.76. The number of nitrogens with zero attached hydrogens (tertiary/aromatic N) is 2. The predicted molar refractivity (Wildman–Crippen MR) is 104 cm³/mol. The monoisotopic (exact) mass is 353 g/mol. The van der Waals surface area contributed by atoms with Crippen LogP contribution in [0, 0.1) is 0 Å². The number of para-hydroxylation sites is 1. The highest BCUT2D eigenvalue weighted by Gasteiger charge is 2.28. The van der Waals surface area contributed by atoms with Gasteiger partial charge in [0.15, 0.2) is 0 Å². The summed E-state index contributed by atoms with van der Waals surface area (Å²) < 4.78 is 0. The van der Waals surface area contributed by atoms with Crippen LogP contribution in [0.5, 0.6) is 0 Å². The van der Waals surface area contributed by atoms with E-state index < -0.39 is 0 Å². The van der Waals surface area contributed by atoms with Gasteiger partial charge in [0.1, 0.15) is 0 Å². The van der Waals surface area contributed by atoms with E-state index in [9.17, 15) is 9.90 Å². The van der Waals surface area contributed by atoms with Crippen LogP contribution >= 0.6 is 0 Å². The van der Waals surface area contributed by atoms with E-state index in [0.717, 1.165) is 24.1 Å². The molecule has 0 aromatic heterocycles. The number of aliphatic hydroxyl groups excluding tert-OH is 1. The molecule has 1 heterocycles. The van der Waals surface area contributed by atoms with Crippen molar-refractivity contribution in [1.82, 2.24) is 9.80 Å². The lowest BCUT2D eigenvalue weighted by atomic mass is 10.0. The Bertz CT molecular complexity index is 735. The van der Waals surface area contributed by atoms with Crippen LogP contribution in [0.1, 0.15) is 23.6 Å². The van der Waals surface area contributed by atoms with Crippen LogP contribution in [-0.4, -0.2) is 53.6 Å². The Hall–Kier alpha value is -2.37. The maximum Gasteiger partial charge on any atom is 0.227 e. The molecule has 0 unspecified atom stereocenters. The third-order valence-corrected chi connectivity index (χ3v) is 5.12. The van der Waals surface area contributed by atoms with Crippen LogP contribution in [0.4, 0.5) is 5.69 Å². The second kappa shape index (κ2) is 8.34. The van der Waals surface area contributed by atoms with Crippen molar-refractivity contribution in [2.24, 2.45) is 0 Å². The van der Waals surface area contributed by atoms with Crippen molar-refractivity contribution in [3.05, 3.63) is 65.7 Å². The van der Waals surface area contributed by atoms with Crippen LogP contribution in [0.2, 0.25) is 0 Å². The molecule has 1 saturated heterocycles. The first-order valence-corrected chi connectivity index (χ1v) is 9.09. The van der Waals surface area contributed by atoms with Crippen LogP contribution < -0.4 is 5.73 Å². The fourth-order valence-electron chi connectivity index (χ4n) is 3.51. The minimum Gasteiger partial charge on any atom is -0.398 e. The van der Waals surface area contributed by atoms with Crippen LogP contribution in [0.3, 0.4) is 0 Å². The van der Waals surface area contributed by atoms with Gasteiger partial charge in [-0.1, -0.05) is 48.5 Å². The van der Waals surface area contributed by atoms with Crippen molar-refractivity contribution < 1.29 is 9.90 Å². The van der Waals surface area contributed by atoms with E-state index in [2.05, 4.69) is 17.0 Å². The number of anilines is 1. The number of nitrogen functional groups attached to an aromatic ring is 1. The molecule has 26 heavy (non-hydrogen) atoms. The van der Waals surface area contributed by atoms with Gasteiger partial charge < -0.3 is 15.7 Å². The first-order chi connectivity index (χ1) is 12.5. The highest BCUT2D eigenvalue weighted by atomic mass is 16.3. The van der Waals surface area contributed by atoms with Gasteiger partial charge >= 0.3 is 0 Å². The number of hydrogen-bond donors (Lipinski definition) is 2. The van der Waals surface area contributed by atoms with Crippen LogP contribution in [0.15, 0.2) is 54.6 Å². The molecule has 2 aromatic rings. The predicted octanol–water partition coefficient (Wildman–Crippen LogP) is 2.08. The molecule has 1 amide bonds. The Morgan fingerprint density at radius 1 is 1.23 bits per heavy atom. The number of likely N-dealkylation sites (tertiary alicyclic amines) is 1. The Labute approximate surface area is 155 Å². The average Bonchev–Trinajstić information content (AvgIpc) is 3.06. The Morgan fingerprint density at radius 2 is 1.92 bits per heavy atom. The fraction of sp³-hybridized carbons (Fsp3) is 0.381. The van der Waals surface area contributed by atoms with Gasteiger partial charge in [-0.2, -0.15) is 0 Å². The van der Waals surface area contributed by atoms with E-state index in [4.69, 9.17) is 5.73 Å². The van der Waals surface area contributed by atoms with Crippen molar-refractivity contribution in [3.63, 3.8) is 0 Å².